The first kappa shape index (κ1) is 18.0. The molecule has 1 saturated heterocycles. The van der Waals surface area contributed by atoms with E-state index >= 15 is 0 Å². The first-order valence-electron chi connectivity index (χ1n) is 8.45. The second kappa shape index (κ2) is 8.51. The minimum absolute atomic E-state index is 0.0275. The van der Waals surface area contributed by atoms with Crippen molar-refractivity contribution in [1.29, 1.82) is 0 Å². The lowest BCUT2D eigenvalue weighted by Crippen LogP contribution is -2.37. The van der Waals surface area contributed by atoms with Crippen LogP contribution >= 0.6 is 11.3 Å². The number of halogens is 1. The Bertz CT molecular complexity index is 716. The quantitative estimate of drug-likeness (QED) is 0.821. The number of ether oxygens (including phenoxy) is 1. The second-order valence-corrected chi connectivity index (χ2v) is 7.06. The fourth-order valence-electron chi connectivity index (χ4n) is 2.92. The minimum Gasteiger partial charge on any atom is -0.376 e. The molecule has 0 radical (unpaired) electrons. The van der Waals surface area contributed by atoms with E-state index < -0.39 is 0 Å². The average molecular weight is 363 g/mol. The Kier molecular flexibility index (Phi) is 6.12. The van der Waals surface area contributed by atoms with E-state index in [1.165, 1.54) is 23.5 Å². The molecule has 1 aromatic heterocycles. The molecule has 2 aromatic rings. The minimum atomic E-state index is -0.305. The third-order valence-corrected chi connectivity index (χ3v) is 5.04. The third-order valence-electron chi connectivity index (χ3n) is 4.13. The number of nitrogens with zero attached hydrogens (tertiary/aromatic N) is 2. The van der Waals surface area contributed by atoms with Gasteiger partial charge in [-0.1, -0.05) is 12.1 Å². The van der Waals surface area contributed by atoms with Crippen molar-refractivity contribution in [2.24, 2.45) is 5.73 Å². The molecule has 25 heavy (non-hydrogen) atoms. The highest BCUT2D eigenvalue weighted by molar-refractivity contribution is 7.09. The smallest absolute Gasteiger partial charge is 0.273 e. The van der Waals surface area contributed by atoms with E-state index in [1.54, 1.807) is 16.3 Å². The Balaban J connectivity index is 1.77. The summed E-state index contributed by atoms with van der Waals surface area (Å²) in [6, 6.07) is 6.33. The van der Waals surface area contributed by atoms with Crippen molar-refractivity contribution in [2.45, 2.75) is 31.9 Å². The van der Waals surface area contributed by atoms with Gasteiger partial charge in [0.1, 0.15) is 11.5 Å². The molecule has 0 saturated carbocycles. The lowest BCUT2D eigenvalue weighted by atomic mass is 10.1. The van der Waals surface area contributed by atoms with Crippen LogP contribution in [0.25, 0.3) is 0 Å². The molecule has 2 heterocycles. The predicted molar refractivity (Wildman–Crippen MR) is 95.0 cm³/mol. The van der Waals surface area contributed by atoms with E-state index in [9.17, 15) is 9.18 Å². The third kappa shape index (κ3) is 4.84. The number of carbonyl (C=O) groups excluding carboxylic acids is 1. The number of amides is 1. The zero-order chi connectivity index (χ0) is 17.6. The maximum absolute atomic E-state index is 13.5. The van der Waals surface area contributed by atoms with E-state index in [0.29, 0.717) is 31.7 Å². The normalized spacial score (nSPS) is 17.0. The Morgan fingerprint density at radius 1 is 1.48 bits per heavy atom. The van der Waals surface area contributed by atoms with Crippen LogP contribution in [0.3, 0.4) is 0 Å². The van der Waals surface area contributed by atoms with Gasteiger partial charge in [0.25, 0.3) is 5.91 Å². The van der Waals surface area contributed by atoms with Crippen LogP contribution in [-0.4, -0.2) is 41.6 Å². The Morgan fingerprint density at radius 2 is 2.36 bits per heavy atom. The zero-order valence-corrected chi connectivity index (χ0v) is 14.8. The molecule has 1 aliphatic rings. The molecule has 1 amide bonds. The van der Waals surface area contributed by atoms with Gasteiger partial charge in [-0.15, -0.1) is 11.3 Å². The number of rotatable bonds is 7. The summed E-state index contributed by atoms with van der Waals surface area (Å²) < 4.78 is 19.2. The molecule has 1 atom stereocenters. The van der Waals surface area contributed by atoms with Crippen molar-refractivity contribution in [3.05, 3.63) is 51.7 Å². The van der Waals surface area contributed by atoms with Crippen LogP contribution in [0.2, 0.25) is 0 Å². The van der Waals surface area contributed by atoms with Gasteiger partial charge in [0.2, 0.25) is 0 Å². The van der Waals surface area contributed by atoms with Gasteiger partial charge in [0.15, 0.2) is 0 Å². The standard InChI is InChI=1S/C18H22FN3O2S/c19-14-4-1-3-13(9-14)10-22(11-15-5-2-8-24-15)18(23)16-12-25-17(21-16)6-7-20/h1,3-4,9,12,15H,2,5-8,10-11,20H2. The van der Waals surface area contributed by atoms with Gasteiger partial charge >= 0.3 is 0 Å². The molecular formula is C18H22FN3O2S. The molecule has 5 nitrogen and oxygen atoms in total. The number of hydrogen-bond donors (Lipinski definition) is 1. The highest BCUT2D eigenvalue weighted by Crippen LogP contribution is 2.19. The van der Waals surface area contributed by atoms with Gasteiger partial charge in [-0.2, -0.15) is 0 Å². The summed E-state index contributed by atoms with van der Waals surface area (Å²) in [5, 5.41) is 2.62. The number of thiazole rings is 1. The monoisotopic (exact) mass is 363 g/mol. The number of carbonyl (C=O) groups is 1. The fourth-order valence-corrected chi connectivity index (χ4v) is 3.71. The molecule has 1 fully saturated rings. The summed E-state index contributed by atoms with van der Waals surface area (Å²) >= 11 is 1.44. The molecule has 1 aromatic carbocycles. The summed E-state index contributed by atoms with van der Waals surface area (Å²) in [6.07, 6.45) is 2.62. The molecule has 1 unspecified atom stereocenters. The van der Waals surface area contributed by atoms with Crippen molar-refractivity contribution in [3.63, 3.8) is 0 Å². The van der Waals surface area contributed by atoms with Gasteiger partial charge < -0.3 is 15.4 Å². The van der Waals surface area contributed by atoms with E-state index in [0.717, 1.165) is 30.0 Å². The van der Waals surface area contributed by atoms with Gasteiger partial charge in [-0.3, -0.25) is 4.79 Å². The van der Waals surface area contributed by atoms with Crippen LogP contribution < -0.4 is 5.73 Å². The predicted octanol–water partition coefficient (Wildman–Crippen LogP) is 2.60. The number of benzene rings is 1. The first-order valence-corrected chi connectivity index (χ1v) is 9.33. The molecule has 3 rings (SSSR count). The van der Waals surface area contributed by atoms with Crippen LogP contribution in [0, 0.1) is 5.82 Å². The van der Waals surface area contributed by atoms with Gasteiger partial charge in [0.05, 0.1) is 11.1 Å². The number of hydrogen-bond acceptors (Lipinski definition) is 5. The largest absolute Gasteiger partial charge is 0.376 e. The van der Waals surface area contributed by atoms with E-state index in [2.05, 4.69) is 4.98 Å². The summed E-state index contributed by atoms with van der Waals surface area (Å²) in [7, 11) is 0. The molecule has 2 N–H and O–H groups in total. The number of aromatic nitrogens is 1. The summed E-state index contributed by atoms with van der Waals surface area (Å²) in [5.41, 5.74) is 6.72. The molecule has 7 heteroatoms. The van der Waals surface area contributed by atoms with Crippen molar-refractivity contribution in [1.82, 2.24) is 9.88 Å². The Labute approximate surface area is 150 Å². The van der Waals surface area contributed by atoms with Crippen molar-refractivity contribution in [3.8, 4) is 0 Å². The van der Waals surface area contributed by atoms with E-state index in [4.69, 9.17) is 10.5 Å². The maximum Gasteiger partial charge on any atom is 0.273 e. The lowest BCUT2D eigenvalue weighted by molar-refractivity contribution is 0.0503. The van der Waals surface area contributed by atoms with Crippen LogP contribution in [-0.2, 0) is 17.7 Å². The van der Waals surface area contributed by atoms with Crippen LogP contribution in [0.5, 0.6) is 0 Å². The van der Waals surface area contributed by atoms with Crippen LogP contribution in [0.15, 0.2) is 29.6 Å². The Hall–Kier alpha value is -1.83. The second-order valence-electron chi connectivity index (χ2n) is 6.12. The van der Waals surface area contributed by atoms with Gasteiger partial charge in [-0.25, -0.2) is 9.37 Å². The summed E-state index contributed by atoms with van der Waals surface area (Å²) in [4.78, 5) is 19.0. The summed E-state index contributed by atoms with van der Waals surface area (Å²) in [6.45, 7) is 2.05. The first-order chi connectivity index (χ1) is 12.2. The molecule has 0 aliphatic carbocycles. The molecule has 134 valence electrons. The van der Waals surface area contributed by atoms with Crippen LogP contribution in [0.4, 0.5) is 4.39 Å². The maximum atomic E-state index is 13.5. The average Bonchev–Trinajstić information content (AvgIpc) is 3.26. The molecule has 1 aliphatic heterocycles. The SMILES string of the molecule is NCCc1nc(C(=O)N(Cc2cccc(F)c2)CC2CCCO2)cs1. The lowest BCUT2D eigenvalue weighted by Gasteiger charge is -2.25. The summed E-state index contributed by atoms with van der Waals surface area (Å²) in [5.74, 6) is -0.458. The number of nitrogens with two attached hydrogens (primary N) is 1. The van der Waals surface area contributed by atoms with Gasteiger partial charge in [0, 0.05) is 31.5 Å². The van der Waals surface area contributed by atoms with E-state index in [-0.39, 0.29) is 17.8 Å². The molecule has 0 bridgehead atoms. The van der Waals surface area contributed by atoms with Crippen molar-refractivity contribution in [2.75, 3.05) is 19.7 Å². The Morgan fingerprint density at radius 3 is 3.08 bits per heavy atom. The highest BCUT2D eigenvalue weighted by Gasteiger charge is 2.25. The molecular weight excluding hydrogens is 341 g/mol. The molecule has 0 spiro atoms. The van der Waals surface area contributed by atoms with Crippen LogP contribution in [0.1, 0.15) is 33.9 Å². The van der Waals surface area contributed by atoms with Gasteiger partial charge in [-0.05, 0) is 37.1 Å². The highest BCUT2D eigenvalue weighted by atomic mass is 32.1. The topological polar surface area (TPSA) is 68.5 Å². The fraction of sp³-hybridized carbons (Fsp3) is 0.444. The van der Waals surface area contributed by atoms with Crippen molar-refractivity contribution >= 4 is 17.2 Å². The zero-order valence-electron chi connectivity index (χ0n) is 14.0. The van der Waals surface area contributed by atoms with Crippen molar-refractivity contribution < 1.29 is 13.9 Å². The van der Waals surface area contributed by atoms with E-state index in [1.807, 2.05) is 6.07 Å².